The molecule has 1 aromatic heterocycles. The minimum absolute atomic E-state index is 0.185. The van der Waals surface area contributed by atoms with Crippen molar-refractivity contribution in [3.05, 3.63) is 12.1 Å². The van der Waals surface area contributed by atoms with Crippen LogP contribution in [0.2, 0.25) is 0 Å². The molecule has 0 fully saturated rings. The molecule has 0 radical (unpaired) electrons. The van der Waals surface area contributed by atoms with Crippen molar-refractivity contribution in [2.75, 3.05) is 20.0 Å². The lowest BCUT2D eigenvalue weighted by Gasteiger charge is -2.15. The zero-order valence-corrected chi connectivity index (χ0v) is 11.7. The maximum atomic E-state index is 11.1. The number of carbonyl (C=O) groups excluding carboxylic acids is 1. The molecule has 1 aromatic carbocycles. The summed E-state index contributed by atoms with van der Waals surface area (Å²) in [5.74, 6) is 1.09. The van der Waals surface area contributed by atoms with Crippen molar-refractivity contribution in [3.8, 4) is 11.5 Å². The summed E-state index contributed by atoms with van der Waals surface area (Å²) in [6, 6.07) is 3.35. The fraction of sp³-hybridized carbons (Fsp3) is 0.385. The van der Waals surface area contributed by atoms with Crippen molar-refractivity contribution >= 4 is 22.9 Å². The second-order valence-electron chi connectivity index (χ2n) is 4.56. The molecule has 7 heteroatoms. The van der Waals surface area contributed by atoms with Gasteiger partial charge in [-0.25, -0.2) is 4.98 Å². The SMILES string of the molecule is COc1cc2nc(N)n(C(C)CC(N)=O)c2cc1OC. The monoisotopic (exact) mass is 278 g/mol. The molecule has 0 aliphatic rings. The molecule has 2 rings (SSSR count). The number of ether oxygens (including phenoxy) is 2. The number of primary amides is 1. The summed E-state index contributed by atoms with van der Waals surface area (Å²) in [6.45, 7) is 1.86. The van der Waals surface area contributed by atoms with Gasteiger partial charge in [-0.3, -0.25) is 4.79 Å². The number of nitrogens with zero attached hydrogens (tertiary/aromatic N) is 2. The minimum Gasteiger partial charge on any atom is -0.493 e. The van der Waals surface area contributed by atoms with Crippen molar-refractivity contribution in [2.24, 2.45) is 5.73 Å². The van der Waals surface area contributed by atoms with Crippen LogP contribution in [-0.4, -0.2) is 29.7 Å². The molecule has 0 saturated carbocycles. The maximum absolute atomic E-state index is 11.1. The number of nitrogens with two attached hydrogens (primary N) is 2. The zero-order valence-electron chi connectivity index (χ0n) is 11.7. The highest BCUT2D eigenvalue weighted by molar-refractivity contribution is 5.83. The molecule has 1 unspecified atom stereocenters. The molecule has 1 heterocycles. The number of imidazole rings is 1. The molecule has 7 nitrogen and oxygen atoms in total. The molecule has 0 spiro atoms. The van der Waals surface area contributed by atoms with E-state index in [2.05, 4.69) is 4.98 Å². The molecule has 20 heavy (non-hydrogen) atoms. The van der Waals surface area contributed by atoms with Gasteiger partial charge in [-0.05, 0) is 6.92 Å². The van der Waals surface area contributed by atoms with E-state index < -0.39 is 0 Å². The molecule has 1 amide bonds. The van der Waals surface area contributed by atoms with E-state index in [-0.39, 0.29) is 18.4 Å². The Hall–Kier alpha value is -2.44. The van der Waals surface area contributed by atoms with Crippen LogP contribution >= 0.6 is 0 Å². The van der Waals surface area contributed by atoms with Gasteiger partial charge >= 0.3 is 0 Å². The topological polar surface area (TPSA) is 105 Å². The van der Waals surface area contributed by atoms with Crippen LogP contribution in [0.4, 0.5) is 5.95 Å². The van der Waals surface area contributed by atoms with E-state index in [0.717, 1.165) is 5.52 Å². The first-order chi connectivity index (χ1) is 9.47. The number of hydrogen-bond acceptors (Lipinski definition) is 5. The maximum Gasteiger partial charge on any atom is 0.219 e. The van der Waals surface area contributed by atoms with Gasteiger partial charge in [0.25, 0.3) is 0 Å². The average molecular weight is 278 g/mol. The molecule has 1 atom stereocenters. The third kappa shape index (κ3) is 2.34. The fourth-order valence-corrected chi connectivity index (χ4v) is 2.29. The van der Waals surface area contributed by atoms with Crippen molar-refractivity contribution < 1.29 is 14.3 Å². The second-order valence-corrected chi connectivity index (χ2v) is 4.56. The van der Waals surface area contributed by atoms with Gasteiger partial charge in [0.15, 0.2) is 11.5 Å². The van der Waals surface area contributed by atoms with E-state index in [1.54, 1.807) is 30.9 Å². The Morgan fingerprint density at radius 3 is 2.50 bits per heavy atom. The van der Waals surface area contributed by atoms with Gasteiger partial charge in [-0.15, -0.1) is 0 Å². The average Bonchev–Trinajstić information content (AvgIpc) is 2.70. The molecule has 0 saturated heterocycles. The Kier molecular flexibility index (Phi) is 3.69. The highest BCUT2D eigenvalue weighted by Gasteiger charge is 2.18. The van der Waals surface area contributed by atoms with Crippen molar-refractivity contribution in [1.29, 1.82) is 0 Å². The van der Waals surface area contributed by atoms with Crippen molar-refractivity contribution in [2.45, 2.75) is 19.4 Å². The Balaban J connectivity index is 2.60. The van der Waals surface area contributed by atoms with Gasteiger partial charge in [0, 0.05) is 24.6 Å². The van der Waals surface area contributed by atoms with Crippen LogP contribution in [0, 0.1) is 0 Å². The Bertz CT molecular complexity index is 651. The molecule has 0 aliphatic carbocycles. The third-order valence-electron chi connectivity index (χ3n) is 3.16. The van der Waals surface area contributed by atoms with E-state index in [1.165, 1.54) is 0 Å². The normalized spacial score (nSPS) is 12.3. The number of carbonyl (C=O) groups is 1. The highest BCUT2D eigenvalue weighted by Crippen LogP contribution is 2.34. The van der Waals surface area contributed by atoms with Gasteiger partial charge in [0.1, 0.15) is 0 Å². The fourth-order valence-electron chi connectivity index (χ4n) is 2.29. The van der Waals surface area contributed by atoms with Gasteiger partial charge in [-0.1, -0.05) is 0 Å². The number of amides is 1. The van der Waals surface area contributed by atoms with Crippen molar-refractivity contribution in [3.63, 3.8) is 0 Å². The molecule has 2 aromatic rings. The Morgan fingerprint density at radius 1 is 1.35 bits per heavy atom. The smallest absolute Gasteiger partial charge is 0.219 e. The summed E-state index contributed by atoms with van der Waals surface area (Å²) < 4.78 is 12.3. The van der Waals surface area contributed by atoms with Crippen LogP contribution in [0.1, 0.15) is 19.4 Å². The van der Waals surface area contributed by atoms with E-state index in [9.17, 15) is 4.79 Å². The predicted octanol–water partition coefficient (Wildman–Crippen LogP) is 1.07. The first-order valence-corrected chi connectivity index (χ1v) is 6.15. The lowest BCUT2D eigenvalue weighted by molar-refractivity contribution is -0.118. The number of anilines is 1. The standard InChI is InChI=1S/C13H18N4O3/c1-7(4-12(14)18)17-9-6-11(20-3)10(19-2)5-8(9)16-13(17)15/h5-7H,4H2,1-3H3,(H2,14,18)(H2,15,16). The molecule has 0 aliphatic heterocycles. The highest BCUT2D eigenvalue weighted by atomic mass is 16.5. The van der Waals surface area contributed by atoms with E-state index in [1.807, 2.05) is 6.92 Å². The summed E-state index contributed by atoms with van der Waals surface area (Å²) in [7, 11) is 3.11. The summed E-state index contributed by atoms with van der Waals surface area (Å²) in [4.78, 5) is 15.4. The van der Waals surface area contributed by atoms with Crippen LogP contribution in [0.25, 0.3) is 11.0 Å². The lowest BCUT2D eigenvalue weighted by Crippen LogP contribution is -2.18. The lowest BCUT2D eigenvalue weighted by atomic mass is 10.2. The summed E-state index contributed by atoms with van der Waals surface area (Å²) in [5.41, 5.74) is 12.6. The van der Waals surface area contributed by atoms with Crippen LogP contribution in [-0.2, 0) is 4.79 Å². The van der Waals surface area contributed by atoms with Gasteiger partial charge in [0.05, 0.1) is 25.3 Å². The number of nitrogen functional groups attached to an aromatic ring is 1. The number of methoxy groups -OCH3 is 2. The van der Waals surface area contributed by atoms with Crippen molar-refractivity contribution in [1.82, 2.24) is 9.55 Å². The molecule has 0 bridgehead atoms. The van der Waals surface area contributed by atoms with Crippen LogP contribution < -0.4 is 20.9 Å². The number of hydrogen-bond donors (Lipinski definition) is 2. The minimum atomic E-state index is -0.390. The van der Waals surface area contributed by atoms with E-state index >= 15 is 0 Å². The zero-order chi connectivity index (χ0) is 14.9. The molecule has 4 N–H and O–H groups in total. The van der Waals surface area contributed by atoms with Gasteiger partial charge in [0.2, 0.25) is 11.9 Å². The molecule has 108 valence electrons. The predicted molar refractivity (Wildman–Crippen MR) is 75.8 cm³/mol. The number of aromatic nitrogens is 2. The van der Waals surface area contributed by atoms with E-state index in [0.29, 0.717) is 23.0 Å². The van der Waals surface area contributed by atoms with E-state index in [4.69, 9.17) is 20.9 Å². The second kappa shape index (κ2) is 5.28. The number of rotatable bonds is 5. The van der Waals surface area contributed by atoms with Crippen LogP contribution in [0.3, 0.4) is 0 Å². The van der Waals surface area contributed by atoms with Gasteiger partial charge in [-0.2, -0.15) is 0 Å². The first kappa shape index (κ1) is 14.0. The van der Waals surface area contributed by atoms with Crippen LogP contribution in [0.5, 0.6) is 11.5 Å². The van der Waals surface area contributed by atoms with Gasteiger partial charge < -0.3 is 25.5 Å². The third-order valence-corrected chi connectivity index (χ3v) is 3.16. The largest absolute Gasteiger partial charge is 0.493 e. The number of fused-ring (bicyclic) bond motifs is 1. The summed E-state index contributed by atoms with van der Waals surface area (Å²) >= 11 is 0. The quantitative estimate of drug-likeness (QED) is 0.851. The Labute approximate surface area is 116 Å². The molecular formula is C13H18N4O3. The summed E-state index contributed by atoms with van der Waals surface area (Å²) in [5, 5.41) is 0. The first-order valence-electron chi connectivity index (χ1n) is 6.15. The van der Waals surface area contributed by atoms with Crippen LogP contribution in [0.15, 0.2) is 12.1 Å². The summed E-state index contributed by atoms with van der Waals surface area (Å²) in [6.07, 6.45) is 0.185. The number of benzene rings is 1. The Morgan fingerprint density at radius 2 is 1.95 bits per heavy atom. The molecular weight excluding hydrogens is 260 g/mol.